The Hall–Kier alpha value is -2.11. The summed E-state index contributed by atoms with van der Waals surface area (Å²) in [6, 6.07) is 2.82. The number of anilines is 1. The summed E-state index contributed by atoms with van der Waals surface area (Å²) in [7, 11) is -3.66. The summed E-state index contributed by atoms with van der Waals surface area (Å²) in [6.45, 7) is -0.0598. The number of sulfonamides is 1. The first-order chi connectivity index (χ1) is 8.62. The van der Waals surface area contributed by atoms with Gasteiger partial charge in [0.15, 0.2) is 5.82 Å². The van der Waals surface area contributed by atoms with Gasteiger partial charge in [0.25, 0.3) is 0 Å². The van der Waals surface area contributed by atoms with Gasteiger partial charge in [-0.2, -0.15) is 5.21 Å². The number of hydrogen-bond acceptors (Lipinski definition) is 8. The van der Waals surface area contributed by atoms with E-state index in [1.807, 2.05) is 0 Å². The van der Waals surface area contributed by atoms with Crippen LogP contribution < -0.4 is 16.0 Å². The zero-order valence-electron chi connectivity index (χ0n) is 9.03. The van der Waals surface area contributed by atoms with Crippen LogP contribution in [0.1, 0.15) is 5.82 Å². The van der Waals surface area contributed by atoms with Crippen LogP contribution in [0, 0.1) is 0 Å². The molecular formula is C7H10N8O2S. The minimum Gasteiger partial charge on any atom is -0.308 e. The first kappa shape index (κ1) is 12.3. The van der Waals surface area contributed by atoms with Gasteiger partial charge in [0.05, 0.1) is 6.54 Å². The van der Waals surface area contributed by atoms with Gasteiger partial charge in [0.2, 0.25) is 10.0 Å². The molecule has 2 rings (SSSR count). The van der Waals surface area contributed by atoms with Crippen molar-refractivity contribution in [3.63, 3.8) is 0 Å². The lowest BCUT2D eigenvalue weighted by Gasteiger charge is -2.05. The van der Waals surface area contributed by atoms with Gasteiger partial charge in [0, 0.05) is 6.20 Å². The lowest BCUT2D eigenvalue weighted by Crippen LogP contribution is -2.24. The van der Waals surface area contributed by atoms with Gasteiger partial charge in [0.1, 0.15) is 10.7 Å². The average Bonchev–Trinajstić information content (AvgIpc) is 2.90. The van der Waals surface area contributed by atoms with Crippen molar-refractivity contribution in [1.82, 2.24) is 30.3 Å². The lowest BCUT2D eigenvalue weighted by molar-refractivity contribution is 0.579. The van der Waals surface area contributed by atoms with Crippen molar-refractivity contribution in [2.75, 3.05) is 5.43 Å². The first-order valence-electron chi connectivity index (χ1n) is 4.76. The van der Waals surface area contributed by atoms with Crippen molar-refractivity contribution >= 4 is 15.8 Å². The Labute approximate surface area is 102 Å². The Kier molecular flexibility index (Phi) is 3.45. The quantitative estimate of drug-likeness (QED) is 0.373. The standard InChI is InChI=1S/C7H10N8O2S/c8-11-6-2-1-5(3-9-6)18(16,17)10-4-7-12-14-15-13-7/h1-3,10H,4,8H2,(H,9,11)(H,12,13,14,15). The number of hydrogen-bond donors (Lipinski definition) is 4. The van der Waals surface area contributed by atoms with Gasteiger partial charge in [-0.1, -0.05) is 5.21 Å². The summed E-state index contributed by atoms with van der Waals surface area (Å²) in [5, 5.41) is 12.8. The molecule has 18 heavy (non-hydrogen) atoms. The third-order valence-corrected chi connectivity index (χ3v) is 3.39. The fourth-order valence-corrected chi connectivity index (χ4v) is 2.05. The smallest absolute Gasteiger partial charge is 0.242 e. The zero-order chi connectivity index (χ0) is 13.0. The van der Waals surface area contributed by atoms with E-state index >= 15 is 0 Å². The van der Waals surface area contributed by atoms with E-state index in [4.69, 9.17) is 5.84 Å². The van der Waals surface area contributed by atoms with Crippen LogP contribution in [-0.2, 0) is 16.6 Å². The van der Waals surface area contributed by atoms with Gasteiger partial charge < -0.3 is 5.43 Å². The maximum absolute atomic E-state index is 11.8. The maximum Gasteiger partial charge on any atom is 0.242 e. The second-order valence-corrected chi connectivity index (χ2v) is 4.94. The van der Waals surface area contributed by atoms with Crippen molar-refractivity contribution in [2.24, 2.45) is 5.84 Å². The lowest BCUT2D eigenvalue weighted by atomic mass is 10.5. The van der Waals surface area contributed by atoms with E-state index in [1.165, 1.54) is 18.3 Å². The molecule has 0 amide bonds. The molecule has 0 aromatic carbocycles. The van der Waals surface area contributed by atoms with Crippen LogP contribution in [-0.4, -0.2) is 34.0 Å². The molecule has 5 N–H and O–H groups in total. The number of hydrazine groups is 1. The summed E-state index contributed by atoms with van der Waals surface area (Å²) >= 11 is 0. The van der Waals surface area contributed by atoms with Crippen molar-refractivity contribution < 1.29 is 8.42 Å². The van der Waals surface area contributed by atoms with Gasteiger partial charge >= 0.3 is 0 Å². The number of nitrogens with one attached hydrogen (secondary N) is 3. The molecule has 0 aliphatic heterocycles. The van der Waals surface area contributed by atoms with E-state index in [1.54, 1.807) is 0 Å². The van der Waals surface area contributed by atoms with Crippen molar-refractivity contribution in [2.45, 2.75) is 11.4 Å². The molecule has 2 aromatic heterocycles. The number of pyridine rings is 1. The summed E-state index contributed by atoms with van der Waals surface area (Å²) < 4.78 is 26.0. The van der Waals surface area contributed by atoms with E-state index in [0.717, 1.165) is 0 Å². The second kappa shape index (κ2) is 5.03. The molecule has 0 spiro atoms. The number of rotatable bonds is 5. The summed E-state index contributed by atoms with van der Waals surface area (Å²) in [4.78, 5) is 3.82. The highest BCUT2D eigenvalue weighted by Crippen LogP contribution is 2.09. The Balaban J connectivity index is 2.09. The van der Waals surface area contributed by atoms with Crippen LogP contribution >= 0.6 is 0 Å². The second-order valence-electron chi connectivity index (χ2n) is 3.18. The number of aromatic nitrogens is 5. The summed E-state index contributed by atoms with van der Waals surface area (Å²) in [5.41, 5.74) is 2.30. The Morgan fingerprint density at radius 3 is 2.78 bits per heavy atom. The number of nitrogens with zero attached hydrogens (tertiary/aromatic N) is 4. The van der Waals surface area contributed by atoms with Crippen LogP contribution in [0.25, 0.3) is 0 Å². The molecule has 0 aliphatic carbocycles. The number of tetrazole rings is 1. The van der Waals surface area contributed by atoms with E-state index in [2.05, 4.69) is 35.8 Å². The third-order valence-electron chi connectivity index (χ3n) is 2.00. The predicted octanol–water partition coefficient (Wildman–Crippen LogP) is -1.64. The highest BCUT2D eigenvalue weighted by atomic mass is 32.2. The molecule has 0 saturated carbocycles. The van der Waals surface area contributed by atoms with E-state index in [0.29, 0.717) is 5.82 Å². The average molecular weight is 270 g/mol. The molecule has 0 bridgehead atoms. The molecule has 96 valence electrons. The summed E-state index contributed by atoms with van der Waals surface area (Å²) in [6.07, 6.45) is 1.19. The molecule has 0 fully saturated rings. The number of nitrogen functional groups attached to an aromatic ring is 1. The topological polar surface area (TPSA) is 152 Å². The highest BCUT2D eigenvalue weighted by molar-refractivity contribution is 7.89. The molecule has 0 radical (unpaired) electrons. The van der Waals surface area contributed by atoms with Gasteiger partial charge in [-0.05, 0) is 12.1 Å². The Morgan fingerprint density at radius 1 is 1.39 bits per heavy atom. The van der Waals surface area contributed by atoms with Crippen LogP contribution in [0.4, 0.5) is 5.82 Å². The van der Waals surface area contributed by atoms with Crippen molar-refractivity contribution in [3.05, 3.63) is 24.2 Å². The Bertz CT molecular complexity index is 593. The SMILES string of the molecule is NNc1ccc(S(=O)(=O)NCc2nn[nH]n2)cn1. The fourth-order valence-electron chi connectivity index (χ4n) is 1.12. The molecule has 0 saturated heterocycles. The van der Waals surface area contributed by atoms with Crippen LogP contribution in [0.2, 0.25) is 0 Å². The molecule has 11 heteroatoms. The minimum atomic E-state index is -3.66. The van der Waals surface area contributed by atoms with E-state index in [-0.39, 0.29) is 17.3 Å². The van der Waals surface area contributed by atoms with Crippen molar-refractivity contribution in [3.8, 4) is 0 Å². The van der Waals surface area contributed by atoms with E-state index < -0.39 is 10.0 Å². The normalized spacial score (nSPS) is 11.4. The van der Waals surface area contributed by atoms with Gasteiger partial charge in [-0.25, -0.2) is 24.0 Å². The fraction of sp³-hybridized carbons (Fsp3) is 0.143. The predicted molar refractivity (Wildman–Crippen MR) is 60.3 cm³/mol. The minimum absolute atomic E-state index is 0.0185. The Morgan fingerprint density at radius 2 is 2.22 bits per heavy atom. The highest BCUT2D eigenvalue weighted by Gasteiger charge is 2.15. The van der Waals surface area contributed by atoms with Gasteiger partial charge in [-0.3, -0.25) is 0 Å². The monoisotopic (exact) mass is 270 g/mol. The molecule has 0 atom stereocenters. The molecular weight excluding hydrogens is 260 g/mol. The number of aromatic amines is 1. The molecule has 2 heterocycles. The first-order valence-corrected chi connectivity index (χ1v) is 6.25. The number of nitrogens with two attached hydrogens (primary N) is 1. The molecule has 2 aromatic rings. The van der Waals surface area contributed by atoms with E-state index in [9.17, 15) is 8.42 Å². The number of H-pyrrole nitrogens is 1. The third kappa shape index (κ3) is 2.77. The molecule has 10 nitrogen and oxygen atoms in total. The van der Waals surface area contributed by atoms with Gasteiger partial charge in [-0.15, -0.1) is 10.2 Å². The maximum atomic E-state index is 11.8. The largest absolute Gasteiger partial charge is 0.308 e. The molecule has 0 aliphatic rings. The van der Waals surface area contributed by atoms with Crippen molar-refractivity contribution in [1.29, 1.82) is 0 Å². The van der Waals surface area contributed by atoms with Crippen LogP contribution in [0.5, 0.6) is 0 Å². The molecule has 0 unspecified atom stereocenters. The zero-order valence-corrected chi connectivity index (χ0v) is 9.85. The van der Waals surface area contributed by atoms with Crippen LogP contribution in [0.3, 0.4) is 0 Å². The summed E-state index contributed by atoms with van der Waals surface area (Å²) in [5.74, 6) is 5.74. The van der Waals surface area contributed by atoms with Crippen LogP contribution in [0.15, 0.2) is 23.2 Å².